The number of alkyl halides is 3. The van der Waals surface area contributed by atoms with Gasteiger partial charge in [-0.25, -0.2) is 9.78 Å². The molecule has 0 saturated carbocycles. The van der Waals surface area contributed by atoms with Crippen molar-refractivity contribution in [1.82, 2.24) is 9.66 Å². The van der Waals surface area contributed by atoms with Gasteiger partial charge in [-0.1, -0.05) is 40.2 Å². The Morgan fingerprint density at radius 3 is 2.58 bits per heavy atom. The fourth-order valence-corrected chi connectivity index (χ4v) is 4.02. The number of ether oxygens (including phenoxy) is 2. The van der Waals surface area contributed by atoms with Gasteiger partial charge in [-0.05, 0) is 43.3 Å². The van der Waals surface area contributed by atoms with Gasteiger partial charge in [-0.2, -0.15) is 22.9 Å². The van der Waals surface area contributed by atoms with E-state index in [1.165, 1.54) is 38.4 Å². The van der Waals surface area contributed by atoms with Crippen LogP contribution in [-0.4, -0.2) is 40.2 Å². The summed E-state index contributed by atoms with van der Waals surface area (Å²) in [6, 6.07) is 13.9. The number of fused-ring (bicyclic) bond motifs is 1. The second-order valence-corrected chi connectivity index (χ2v) is 8.93. The standard InChI is InChI=1S/C26H19BrF3N3O5/c1-14(25(35)36)38-22-16(11-18(27)12-21(22)37-2)13-31-33-23(15-6-5-7-17(10-15)26(28,29)30)32-20-9-4-3-8-19(20)24(33)34/h3-14H,1-2H3,(H,35,36)/t14-/m1/s1. The Morgan fingerprint density at radius 1 is 1.16 bits per heavy atom. The minimum absolute atomic E-state index is 0.0163. The third-order valence-corrected chi connectivity index (χ3v) is 5.88. The van der Waals surface area contributed by atoms with Crippen molar-refractivity contribution in [3.05, 3.63) is 86.6 Å². The number of aromatic nitrogens is 2. The van der Waals surface area contributed by atoms with Crippen LogP contribution in [0.15, 0.2) is 75.0 Å². The number of hydrogen-bond acceptors (Lipinski definition) is 6. The highest BCUT2D eigenvalue weighted by Crippen LogP contribution is 2.35. The van der Waals surface area contributed by atoms with E-state index in [9.17, 15) is 27.9 Å². The molecule has 1 aromatic heterocycles. The second-order valence-electron chi connectivity index (χ2n) is 8.02. The molecule has 12 heteroatoms. The lowest BCUT2D eigenvalue weighted by atomic mass is 10.1. The SMILES string of the molecule is COc1cc(Br)cc(C=Nn2c(-c3cccc(C(F)(F)F)c3)nc3ccccc3c2=O)c1O[C@H](C)C(=O)O. The van der Waals surface area contributed by atoms with E-state index in [4.69, 9.17) is 9.47 Å². The number of carbonyl (C=O) groups is 1. The number of rotatable bonds is 7. The van der Waals surface area contributed by atoms with Crippen LogP contribution in [0.3, 0.4) is 0 Å². The van der Waals surface area contributed by atoms with Crippen LogP contribution in [0.4, 0.5) is 13.2 Å². The van der Waals surface area contributed by atoms with Crippen LogP contribution in [0.2, 0.25) is 0 Å². The van der Waals surface area contributed by atoms with Gasteiger partial charge >= 0.3 is 12.1 Å². The summed E-state index contributed by atoms with van der Waals surface area (Å²) < 4.78 is 52.5. The molecule has 1 atom stereocenters. The quantitative estimate of drug-likeness (QED) is 0.282. The minimum atomic E-state index is -4.61. The highest BCUT2D eigenvalue weighted by molar-refractivity contribution is 9.10. The lowest BCUT2D eigenvalue weighted by Gasteiger charge is -2.16. The van der Waals surface area contributed by atoms with Crippen molar-refractivity contribution in [2.45, 2.75) is 19.2 Å². The monoisotopic (exact) mass is 589 g/mol. The second kappa shape index (κ2) is 10.7. The number of carboxylic acids is 1. The molecule has 0 aliphatic heterocycles. The summed E-state index contributed by atoms with van der Waals surface area (Å²) in [4.78, 5) is 29.2. The number of carboxylic acid groups (broad SMARTS) is 1. The van der Waals surface area contributed by atoms with Gasteiger partial charge in [0.15, 0.2) is 23.4 Å². The van der Waals surface area contributed by atoms with Crippen LogP contribution in [0, 0.1) is 0 Å². The van der Waals surface area contributed by atoms with Crippen molar-refractivity contribution in [3.63, 3.8) is 0 Å². The molecule has 0 fully saturated rings. The van der Waals surface area contributed by atoms with Gasteiger partial charge in [0, 0.05) is 15.6 Å². The zero-order valence-corrected chi connectivity index (χ0v) is 21.4. The number of benzene rings is 3. The molecular weight excluding hydrogens is 571 g/mol. The van der Waals surface area contributed by atoms with Gasteiger partial charge in [0.2, 0.25) is 0 Å². The van der Waals surface area contributed by atoms with Crippen LogP contribution >= 0.6 is 15.9 Å². The maximum atomic E-state index is 13.4. The molecule has 1 heterocycles. The van der Waals surface area contributed by atoms with E-state index in [1.54, 1.807) is 30.3 Å². The maximum Gasteiger partial charge on any atom is 0.416 e. The number of halogens is 4. The molecule has 8 nitrogen and oxygen atoms in total. The molecule has 3 aromatic carbocycles. The molecule has 4 aromatic rings. The largest absolute Gasteiger partial charge is 0.493 e. The lowest BCUT2D eigenvalue weighted by Crippen LogP contribution is -2.24. The molecule has 4 rings (SSSR count). The summed E-state index contributed by atoms with van der Waals surface area (Å²) >= 11 is 3.33. The first-order valence-corrected chi connectivity index (χ1v) is 11.8. The smallest absolute Gasteiger partial charge is 0.416 e. The molecule has 0 spiro atoms. The zero-order chi connectivity index (χ0) is 27.6. The molecule has 38 heavy (non-hydrogen) atoms. The molecule has 0 amide bonds. The molecule has 0 unspecified atom stereocenters. The van der Waals surface area contributed by atoms with Crippen molar-refractivity contribution < 1.29 is 32.5 Å². The van der Waals surface area contributed by atoms with Crippen molar-refractivity contribution in [2.75, 3.05) is 7.11 Å². The Bertz CT molecular complexity index is 1620. The maximum absolute atomic E-state index is 13.4. The molecule has 196 valence electrons. The summed E-state index contributed by atoms with van der Waals surface area (Å²) in [5.74, 6) is -1.12. The first-order valence-electron chi connectivity index (χ1n) is 11.0. The van der Waals surface area contributed by atoms with Crippen molar-refractivity contribution in [3.8, 4) is 22.9 Å². The Balaban J connectivity index is 1.94. The highest BCUT2D eigenvalue weighted by Gasteiger charge is 2.31. The fraction of sp³-hybridized carbons (Fsp3) is 0.154. The highest BCUT2D eigenvalue weighted by atomic mass is 79.9. The van der Waals surface area contributed by atoms with Gasteiger partial charge in [0.25, 0.3) is 5.56 Å². The van der Waals surface area contributed by atoms with Gasteiger partial charge in [-0.3, -0.25) is 4.79 Å². The number of para-hydroxylation sites is 1. The van der Waals surface area contributed by atoms with Gasteiger partial charge in [0.05, 0.1) is 29.8 Å². The van der Waals surface area contributed by atoms with Crippen molar-refractivity contribution >= 4 is 39.0 Å². The average Bonchev–Trinajstić information content (AvgIpc) is 2.88. The average molecular weight is 590 g/mol. The number of hydrogen-bond donors (Lipinski definition) is 1. The molecular formula is C26H19BrF3N3O5. The minimum Gasteiger partial charge on any atom is -0.493 e. The first kappa shape index (κ1) is 26.9. The predicted octanol–water partition coefficient (Wildman–Crippen LogP) is 5.59. The third kappa shape index (κ3) is 5.54. The van der Waals surface area contributed by atoms with E-state index < -0.39 is 29.4 Å². The summed E-state index contributed by atoms with van der Waals surface area (Å²) in [6.45, 7) is 1.33. The summed E-state index contributed by atoms with van der Waals surface area (Å²) in [5.41, 5.74) is -1.01. The van der Waals surface area contributed by atoms with Crippen LogP contribution < -0.4 is 15.0 Å². The topological polar surface area (TPSA) is 103 Å². The molecule has 1 N–H and O–H groups in total. The van der Waals surface area contributed by atoms with Crippen LogP contribution in [0.1, 0.15) is 18.1 Å². The zero-order valence-electron chi connectivity index (χ0n) is 19.9. The molecule has 0 aliphatic carbocycles. The molecule has 0 saturated heterocycles. The number of methoxy groups -OCH3 is 1. The lowest BCUT2D eigenvalue weighted by molar-refractivity contribution is -0.144. The first-order chi connectivity index (χ1) is 18.0. The van der Waals surface area contributed by atoms with Crippen molar-refractivity contribution in [1.29, 1.82) is 0 Å². The summed E-state index contributed by atoms with van der Waals surface area (Å²) in [5, 5.41) is 13.7. The Morgan fingerprint density at radius 2 is 1.89 bits per heavy atom. The Labute approximate surface area is 222 Å². The van der Waals surface area contributed by atoms with Crippen LogP contribution in [-0.2, 0) is 11.0 Å². The van der Waals surface area contributed by atoms with E-state index >= 15 is 0 Å². The molecule has 0 radical (unpaired) electrons. The molecule has 0 aliphatic rings. The van der Waals surface area contributed by atoms with Gasteiger partial charge in [-0.15, -0.1) is 0 Å². The van der Waals surface area contributed by atoms with E-state index in [0.29, 0.717) is 4.47 Å². The number of aliphatic carboxylic acids is 1. The Hall–Kier alpha value is -4.19. The number of nitrogens with zero attached hydrogens (tertiary/aromatic N) is 3. The molecule has 0 bridgehead atoms. The van der Waals surface area contributed by atoms with E-state index in [2.05, 4.69) is 26.0 Å². The Kier molecular flexibility index (Phi) is 7.53. The summed E-state index contributed by atoms with van der Waals surface area (Å²) in [6.07, 6.45) is -4.64. The van der Waals surface area contributed by atoms with Crippen LogP contribution in [0.5, 0.6) is 11.5 Å². The third-order valence-electron chi connectivity index (χ3n) is 5.42. The van der Waals surface area contributed by atoms with E-state index in [0.717, 1.165) is 16.8 Å². The van der Waals surface area contributed by atoms with E-state index in [1.807, 2.05) is 0 Å². The van der Waals surface area contributed by atoms with Crippen molar-refractivity contribution in [2.24, 2.45) is 5.10 Å². The van der Waals surface area contributed by atoms with Crippen LogP contribution in [0.25, 0.3) is 22.3 Å². The normalized spacial score (nSPS) is 12.6. The predicted molar refractivity (Wildman–Crippen MR) is 138 cm³/mol. The fourth-order valence-electron chi connectivity index (χ4n) is 3.56. The van der Waals surface area contributed by atoms with Gasteiger partial charge in [0.1, 0.15) is 0 Å². The summed E-state index contributed by atoms with van der Waals surface area (Å²) in [7, 11) is 1.37. The van der Waals surface area contributed by atoms with Gasteiger partial charge < -0.3 is 14.6 Å². The van der Waals surface area contributed by atoms with E-state index in [-0.39, 0.29) is 39.4 Å².